The molecule has 0 spiro atoms. The van der Waals surface area contributed by atoms with Crippen LogP contribution in [-0.4, -0.2) is 113 Å². The largest absolute Gasteiger partial charge is 0.374 e. The zero-order valence-corrected chi connectivity index (χ0v) is 29.4. The third-order valence-corrected chi connectivity index (χ3v) is 11.4. The highest BCUT2D eigenvalue weighted by Gasteiger charge is 2.27. The Morgan fingerprint density at radius 1 is 0.800 bits per heavy atom. The number of benzene rings is 2. The summed E-state index contributed by atoms with van der Waals surface area (Å²) >= 11 is 0. The highest BCUT2D eigenvalue weighted by atomic mass is 33.1. The van der Waals surface area contributed by atoms with E-state index < -0.39 is 0 Å². The third-order valence-electron chi connectivity index (χ3n) is 9.02. The van der Waals surface area contributed by atoms with Crippen LogP contribution in [0.5, 0.6) is 0 Å². The molecule has 0 fully saturated rings. The van der Waals surface area contributed by atoms with Crippen molar-refractivity contribution in [1.82, 2.24) is 9.80 Å². The summed E-state index contributed by atoms with van der Waals surface area (Å²) in [6.45, 7) is 6.46. The Balaban J connectivity index is 1.08. The molecule has 0 bridgehead atoms. The fourth-order valence-corrected chi connectivity index (χ4v) is 8.53. The molecule has 0 saturated heterocycles. The molecule has 0 N–H and O–H groups in total. The van der Waals surface area contributed by atoms with Gasteiger partial charge in [-0.05, 0) is 61.2 Å². The first-order valence-corrected chi connectivity index (χ1v) is 18.6. The van der Waals surface area contributed by atoms with E-state index in [2.05, 4.69) is 86.4 Å². The smallest absolute Gasteiger partial charge is 0.150 e. The van der Waals surface area contributed by atoms with E-state index in [0.29, 0.717) is 0 Å². The predicted octanol–water partition coefficient (Wildman–Crippen LogP) is 6.72. The number of hydrogen-bond acceptors (Lipinski definition) is 7. The van der Waals surface area contributed by atoms with Gasteiger partial charge in [-0.25, -0.2) is 0 Å². The van der Waals surface area contributed by atoms with Gasteiger partial charge in [0.05, 0.1) is 32.9 Å². The van der Waals surface area contributed by atoms with E-state index in [1.807, 2.05) is 51.9 Å². The summed E-state index contributed by atoms with van der Waals surface area (Å²) in [5.74, 6) is 2.50. The first kappa shape index (κ1) is 35.1. The number of nitrogens with zero attached hydrogens (tertiary/aromatic N) is 4. The fraction of sp³-hybridized carbons (Fsp3) is 0.459. The Kier molecular flexibility index (Phi) is 13.4. The first-order chi connectivity index (χ1) is 21.7. The second-order valence-corrected chi connectivity index (χ2v) is 15.6. The second-order valence-electron chi connectivity index (χ2n) is 12.9. The van der Waals surface area contributed by atoms with Gasteiger partial charge in [0.25, 0.3) is 0 Å². The highest BCUT2D eigenvalue weighted by molar-refractivity contribution is 8.76. The van der Waals surface area contributed by atoms with Gasteiger partial charge >= 0.3 is 0 Å². The van der Waals surface area contributed by atoms with Gasteiger partial charge in [0.2, 0.25) is 0 Å². The summed E-state index contributed by atoms with van der Waals surface area (Å²) in [4.78, 5) is 30.1. The number of hydrogen-bond donors (Lipinski definition) is 0. The minimum atomic E-state index is 0.207. The maximum Gasteiger partial charge on any atom is 0.150 e. The normalized spacial score (nSPS) is 16.2. The molecule has 1 atom stereocenters. The van der Waals surface area contributed by atoms with Crippen molar-refractivity contribution in [3.05, 3.63) is 89.2 Å². The summed E-state index contributed by atoms with van der Waals surface area (Å²) in [7, 11) is 15.2. The van der Waals surface area contributed by atoms with Crippen LogP contribution < -0.4 is 4.90 Å². The van der Waals surface area contributed by atoms with Gasteiger partial charge in [0.1, 0.15) is 6.29 Å². The molecule has 2 aromatic carbocycles. The van der Waals surface area contributed by atoms with E-state index in [-0.39, 0.29) is 5.92 Å². The first-order valence-electron chi connectivity index (χ1n) is 16.1. The van der Waals surface area contributed by atoms with Crippen molar-refractivity contribution in [2.45, 2.75) is 19.3 Å². The lowest BCUT2D eigenvalue weighted by Crippen LogP contribution is -2.43. The lowest BCUT2D eigenvalue weighted by atomic mass is 9.80. The molecule has 0 radical (unpaired) electrons. The molecule has 0 aliphatic heterocycles. The summed E-state index contributed by atoms with van der Waals surface area (Å²) in [6, 6.07) is 12.2. The maximum atomic E-state index is 11.5. The summed E-state index contributed by atoms with van der Waals surface area (Å²) in [6.07, 6.45) is 15.7. The highest BCUT2D eigenvalue weighted by Crippen LogP contribution is 2.36. The van der Waals surface area contributed by atoms with Crippen LogP contribution in [0.1, 0.15) is 29.6 Å². The van der Waals surface area contributed by atoms with Crippen LogP contribution in [0.3, 0.4) is 0 Å². The molecule has 1 unspecified atom stereocenters. The fourth-order valence-electron chi connectivity index (χ4n) is 6.18. The predicted molar refractivity (Wildman–Crippen MR) is 196 cm³/mol. The molecule has 45 heavy (non-hydrogen) atoms. The van der Waals surface area contributed by atoms with E-state index >= 15 is 0 Å². The van der Waals surface area contributed by atoms with E-state index in [0.717, 1.165) is 109 Å². The molecule has 8 heteroatoms. The molecular formula is C37H51N4O2S2+. The molecule has 0 heterocycles. The van der Waals surface area contributed by atoms with Crippen molar-refractivity contribution < 1.29 is 14.1 Å². The third kappa shape index (κ3) is 9.85. The minimum Gasteiger partial charge on any atom is -0.374 e. The van der Waals surface area contributed by atoms with Gasteiger partial charge < -0.3 is 19.2 Å². The summed E-state index contributed by atoms with van der Waals surface area (Å²) < 4.78 is 1.03. The number of carbonyl (C=O) groups is 2. The molecule has 2 aromatic rings. The van der Waals surface area contributed by atoms with Crippen molar-refractivity contribution in [3.8, 4) is 0 Å². The Labute approximate surface area is 278 Å². The number of carbonyl (C=O) groups excluding carboxylic acids is 2. The summed E-state index contributed by atoms with van der Waals surface area (Å²) in [5, 5.41) is 2.16. The lowest BCUT2D eigenvalue weighted by molar-refractivity contribution is -0.887. The molecule has 0 saturated carbocycles. The maximum absolute atomic E-state index is 11.5. The molecule has 2 aliphatic carbocycles. The number of fused-ring (bicyclic) bond motifs is 2. The standard InChI is InChI=1S/C37H51N4O2S2/c1-38(20-10-21-39(2)36-18-16-30(28-42)32-12-6-8-14-34(32)36)23-26-44-45-27-25-41(4,5)24-11-22-40(3)37-19-17-31(29-43)33-13-7-9-15-35(33)37/h6-9,12,14-19,28-29,33H,10-11,13,20-27H2,1-5H3/q+1. The van der Waals surface area contributed by atoms with Crippen molar-refractivity contribution in [2.24, 2.45) is 5.92 Å². The van der Waals surface area contributed by atoms with Gasteiger partial charge in [-0.2, -0.15) is 0 Å². The van der Waals surface area contributed by atoms with Crippen LogP contribution in [0.2, 0.25) is 0 Å². The monoisotopic (exact) mass is 647 g/mol. The number of anilines is 1. The van der Waals surface area contributed by atoms with Crippen molar-refractivity contribution in [3.63, 3.8) is 0 Å². The van der Waals surface area contributed by atoms with Crippen molar-refractivity contribution >= 4 is 50.6 Å². The van der Waals surface area contributed by atoms with E-state index in [1.165, 1.54) is 17.0 Å². The molecule has 0 amide bonds. The van der Waals surface area contributed by atoms with Crippen LogP contribution in [-0.2, 0) is 4.79 Å². The number of allylic oxidation sites excluding steroid dienone is 7. The van der Waals surface area contributed by atoms with Crippen LogP contribution in [0.4, 0.5) is 5.69 Å². The number of quaternary nitrogens is 1. The minimum absolute atomic E-state index is 0.207. The SMILES string of the molecule is CN(CCCN(C)c1ccc(C=O)c2ccccc12)CCSSCC[N+](C)(C)CCCN(C)C1=CC=C(C=O)C2CC=CC=C12. The molecule has 4 rings (SSSR count). The molecule has 242 valence electrons. The van der Waals surface area contributed by atoms with E-state index in [9.17, 15) is 9.59 Å². The van der Waals surface area contributed by atoms with Crippen LogP contribution in [0.15, 0.2) is 83.6 Å². The summed E-state index contributed by atoms with van der Waals surface area (Å²) in [5.41, 5.74) is 5.35. The molecule has 0 aromatic heterocycles. The van der Waals surface area contributed by atoms with Gasteiger partial charge in [0, 0.05) is 74.2 Å². The Morgan fingerprint density at radius 2 is 1.56 bits per heavy atom. The average molecular weight is 648 g/mol. The van der Waals surface area contributed by atoms with E-state index in [4.69, 9.17) is 0 Å². The number of likely N-dealkylation sites (N-methyl/N-ethyl adjacent to an activating group) is 1. The average Bonchev–Trinajstić information content (AvgIpc) is 3.05. The van der Waals surface area contributed by atoms with Crippen LogP contribution in [0, 0.1) is 5.92 Å². The second kappa shape index (κ2) is 17.2. The lowest BCUT2D eigenvalue weighted by Gasteiger charge is -2.34. The van der Waals surface area contributed by atoms with Crippen LogP contribution in [0.25, 0.3) is 10.8 Å². The molecule has 2 aliphatic rings. The Bertz CT molecular complexity index is 1430. The van der Waals surface area contributed by atoms with Gasteiger partial charge in [0.15, 0.2) is 6.29 Å². The van der Waals surface area contributed by atoms with Crippen LogP contribution >= 0.6 is 21.6 Å². The van der Waals surface area contributed by atoms with Crippen molar-refractivity contribution in [2.75, 3.05) is 90.9 Å². The quantitative estimate of drug-likeness (QED) is 0.0727. The molecule has 6 nitrogen and oxygen atoms in total. The zero-order valence-electron chi connectivity index (χ0n) is 27.8. The van der Waals surface area contributed by atoms with Gasteiger partial charge in [-0.3, -0.25) is 9.59 Å². The van der Waals surface area contributed by atoms with Gasteiger partial charge in [-0.1, -0.05) is 70.2 Å². The topological polar surface area (TPSA) is 43.9 Å². The van der Waals surface area contributed by atoms with E-state index in [1.54, 1.807) is 0 Å². The zero-order chi connectivity index (χ0) is 32.2. The Morgan fingerprint density at radius 3 is 2.33 bits per heavy atom. The number of aldehydes is 2. The van der Waals surface area contributed by atoms with Crippen molar-refractivity contribution in [1.29, 1.82) is 0 Å². The molecular weight excluding hydrogens is 597 g/mol. The Hall–Kier alpha value is -2.78. The number of rotatable bonds is 19. The van der Waals surface area contributed by atoms with Gasteiger partial charge in [-0.15, -0.1) is 0 Å².